The Morgan fingerprint density at radius 2 is 1.90 bits per heavy atom. The van der Waals surface area contributed by atoms with Crippen LogP contribution in [0.15, 0.2) is 36.4 Å². The van der Waals surface area contributed by atoms with Crippen LogP contribution in [0.25, 0.3) is 0 Å². The van der Waals surface area contributed by atoms with Gasteiger partial charge in [0.2, 0.25) is 5.91 Å². The first-order chi connectivity index (χ1) is 10.0. The first kappa shape index (κ1) is 14.8. The fraction of sp³-hybridized carbons (Fsp3) is 0.133. The molecule has 0 aromatic heterocycles. The molecular weight excluding hydrogens is 278 g/mol. The number of ether oxygens (including phenoxy) is 1. The molecule has 0 heterocycles. The van der Waals surface area contributed by atoms with E-state index in [9.17, 15) is 13.6 Å². The summed E-state index contributed by atoms with van der Waals surface area (Å²) in [5, 5.41) is 2.76. The van der Waals surface area contributed by atoms with Gasteiger partial charge in [0, 0.05) is 23.7 Å². The Morgan fingerprint density at radius 3 is 2.57 bits per heavy atom. The average molecular weight is 292 g/mol. The predicted molar refractivity (Wildman–Crippen MR) is 75.2 cm³/mol. The first-order valence-corrected chi connectivity index (χ1v) is 6.17. The van der Waals surface area contributed by atoms with E-state index in [-0.39, 0.29) is 23.4 Å². The highest BCUT2D eigenvalue weighted by Gasteiger charge is 2.09. The SMILES string of the molecule is COc1ccc(F)c(NCc2cc(C(N)=O)ccc2F)c1. The number of carbonyl (C=O) groups excluding carboxylic acids is 1. The monoisotopic (exact) mass is 292 g/mol. The maximum Gasteiger partial charge on any atom is 0.248 e. The molecule has 0 bridgehead atoms. The Kier molecular flexibility index (Phi) is 4.37. The lowest BCUT2D eigenvalue weighted by Crippen LogP contribution is -2.12. The summed E-state index contributed by atoms with van der Waals surface area (Å²) in [6, 6.07) is 7.98. The summed E-state index contributed by atoms with van der Waals surface area (Å²) < 4.78 is 32.3. The smallest absolute Gasteiger partial charge is 0.248 e. The molecule has 0 atom stereocenters. The van der Waals surface area contributed by atoms with Crippen molar-refractivity contribution in [3.05, 3.63) is 59.2 Å². The minimum atomic E-state index is -0.649. The van der Waals surface area contributed by atoms with Crippen molar-refractivity contribution in [2.45, 2.75) is 6.54 Å². The van der Waals surface area contributed by atoms with Gasteiger partial charge >= 0.3 is 0 Å². The van der Waals surface area contributed by atoms with Crippen LogP contribution in [0.4, 0.5) is 14.5 Å². The lowest BCUT2D eigenvalue weighted by atomic mass is 10.1. The van der Waals surface area contributed by atoms with Crippen molar-refractivity contribution in [2.75, 3.05) is 12.4 Å². The molecule has 0 spiro atoms. The zero-order valence-corrected chi connectivity index (χ0v) is 11.3. The van der Waals surface area contributed by atoms with Crippen LogP contribution in [0, 0.1) is 11.6 Å². The number of nitrogens with one attached hydrogen (secondary N) is 1. The van der Waals surface area contributed by atoms with Crippen molar-refractivity contribution in [2.24, 2.45) is 5.73 Å². The van der Waals surface area contributed by atoms with Gasteiger partial charge in [-0.2, -0.15) is 0 Å². The molecule has 0 saturated heterocycles. The van der Waals surface area contributed by atoms with Gasteiger partial charge in [0.25, 0.3) is 0 Å². The van der Waals surface area contributed by atoms with Crippen LogP contribution in [-0.2, 0) is 6.54 Å². The third kappa shape index (κ3) is 3.47. The first-order valence-electron chi connectivity index (χ1n) is 6.17. The maximum atomic E-state index is 13.7. The van der Waals surface area contributed by atoms with Crippen molar-refractivity contribution in [1.82, 2.24) is 0 Å². The van der Waals surface area contributed by atoms with Crippen LogP contribution in [0.5, 0.6) is 5.75 Å². The van der Waals surface area contributed by atoms with Gasteiger partial charge in [0.15, 0.2) is 0 Å². The number of nitrogens with two attached hydrogens (primary N) is 1. The molecule has 0 aliphatic rings. The number of hydrogen-bond donors (Lipinski definition) is 2. The fourth-order valence-corrected chi connectivity index (χ4v) is 1.82. The fourth-order valence-electron chi connectivity index (χ4n) is 1.82. The molecular formula is C15H14F2N2O2. The molecule has 6 heteroatoms. The maximum absolute atomic E-state index is 13.7. The highest BCUT2D eigenvalue weighted by Crippen LogP contribution is 2.22. The number of carbonyl (C=O) groups is 1. The van der Waals surface area contributed by atoms with Crippen LogP contribution in [0.3, 0.4) is 0 Å². The summed E-state index contributed by atoms with van der Waals surface area (Å²) in [5.74, 6) is -1.16. The van der Waals surface area contributed by atoms with E-state index < -0.39 is 17.5 Å². The third-order valence-electron chi connectivity index (χ3n) is 2.97. The lowest BCUT2D eigenvalue weighted by Gasteiger charge is -2.10. The van der Waals surface area contributed by atoms with Gasteiger partial charge in [-0.1, -0.05) is 0 Å². The summed E-state index contributed by atoms with van der Waals surface area (Å²) in [4.78, 5) is 11.1. The van der Waals surface area contributed by atoms with Gasteiger partial charge < -0.3 is 15.8 Å². The van der Waals surface area contributed by atoms with Gasteiger partial charge in [-0.25, -0.2) is 8.78 Å². The second kappa shape index (κ2) is 6.21. The topological polar surface area (TPSA) is 64.3 Å². The highest BCUT2D eigenvalue weighted by atomic mass is 19.1. The standard InChI is InChI=1S/C15H14F2N2O2/c1-21-11-3-5-13(17)14(7-11)19-8-10-6-9(15(18)20)2-4-12(10)16/h2-7,19H,8H2,1H3,(H2,18,20). The number of hydrogen-bond acceptors (Lipinski definition) is 3. The number of anilines is 1. The molecule has 1 amide bonds. The van der Waals surface area contributed by atoms with Crippen LogP contribution < -0.4 is 15.8 Å². The van der Waals surface area contributed by atoms with Crippen LogP contribution >= 0.6 is 0 Å². The molecule has 110 valence electrons. The van der Waals surface area contributed by atoms with Crippen LogP contribution in [0.2, 0.25) is 0 Å². The van der Waals surface area contributed by atoms with E-state index >= 15 is 0 Å². The molecule has 2 rings (SSSR count). The second-order valence-electron chi connectivity index (χ2n) is 4.37. The van der Waals surface area contributed by atoms with Crippen molar-refractivity contribution in [1.29, 1.82) is 0 Å². The number of rotatable bonds is 5. The molecule has 0 aliphatic heterocycles. The largest absolute Gasteiger partial charge is 0.497 e. The van der Waals surface area contributed by atoms with Gasteiger partial charge in [-0.05, 0) is 30.3 Å². The van der Waals surface area contributed by atoms with E-state index in [0.717, 1.165) is 6.07 Å². The molecule has 0 aliphatic carbocycles. The summed E-state index contributed by atoms with van der Waals surface area (Å²) in [7, 11) is 1.47. The van der Waals surface area contributed by atoms with Crippen LogP contribution in [-0.4, -0.2) is 13.0 Å². The zero-order valence-electron chi connectivity index (χ0n) is 11.3. The number of halogens is 2. The molecule has 4 nitrogen and oxygen atoms in total. The molecule has 3 N–H and O–H groups in total. The molecule has 21 heavy (non-hydrogen) atoms. The number of methoxy groups -OCH3 is 1. The minimum absolute atomic E-state index is 0.0110. The Labute approximate surface area is 120 Å². The Hall–Kier alpha value is -2.63. The van der Waals surface area contributed by atoms with Crippen molar-refractivity contribution in [3.63, 3.8) is 0 Å². The van der Waals surface area contributed by atoms with Crippen molar-refractivity contribution < 1.29 is 18.3 Å². The van der Waals surface area contributed by atoms with Gasteiger partial charge in [-0.15, -0.1) is 0 Å². The number of amides is 1. The molecule has 2 aromatic rings. The number of benzene rings is 2. The second-order valence-corrected chi connectivity index (χ2v) is 4.37. The van der Waals surface area contributed by atoms with Crippen molar-refractivity contribution in [3.8, 4) is 5.75 Å². The third-order valence-corrected chi connectivity index (χ3v) is 2.97. The molecule has 0 saturated carbocycles. The molecule has 2 aromatic carbocycles. The van der Waals surface area contributed by atoms with Gasteiger partial charge in [0.05, 0.1) is 12.8 Å². The van der Waals surface area contributed by atoms with E-state index in [4.69, 9.17) is 10.5 Å². The van der Waals surface area contributed by atoms with E-state index in [0.29, 0.717) is 5.75 Å². The van der Waals surface area contributed by atoms with E-state index in [2.05, 4.69) is 5.32 Å². The lowest BCUT2D eigenvalue weighted by molar-refractivity contribution is 0.1000. The zero-order chi connectivity index (χ0) is 15.4. The minimum Gasteiger partial charge on any atom is -0.497 e. The molecule has 0 radical (unpaired) electrons. The highest BCUT2D eigenvalue weighted by molar-refractivity contribution is 5.92. The predicted octanol–water partition coefficient (Wildman–Crippen LogP) is 2.68. The van der Waals surface area contributed by atoms with E-state index in [1.165, 1.54) is 37.4 Å². The van der Waals surface area contributed by atoms with E-state index in [1.54, 1.807) is 0 Å². The molecule has 0 fully saturated rings. The quantitative estimate of drug-likeness (QED) is 0.890. The Morgan fingerprint density at radius 1 is 1.19 bits per heavy atom. The number of primary amides is 1. The summed E-state index contributed by atoms with van der Waals surface area (Å²) >= 11 is 0. The van der Waals surface area contributed by atoms with E-state index in [1.807, 2.05) is 0 Å². The van der Waals surface area contributed by atoms with Gasteiger partial charge in [-0.3, -0.25) is 4.79 Å². The van der Waals surface area contributed by atoms with Crippen LogP contribution in [0.1, 0.15) is 15.9 Å². The summed E-state index contributed by atoms with van der Waals surface area (Å²) in [6.07, 6.45) is 0. The molecule has 0 unspecified atom stereocenters. The summed E-state index contributed by atoms with van der Waals surface area (Å²) in [6.45, 7) is 0.0110. The van der Waals surface area contributed by atoms with Crippen molar-refractivity contribution >= 4 is 11.6 Å². The summed E-state index contributed by atoms with van der Waals surface area (Å²) in [5.41, 5.74) is 5.73. The normalized spacial score (nSPS) is 10.2. The Bertz CT molecular complexity index is 675. The average Bonchev–Trinajstić information content (AvgIpc) is 2.47. The van der Waals surface area contributed by atoms with Gasteiger partial charge in [0.1, 0.15) is 17.4 Å². The Balaban J connectivity index is 2.20.